The molecule has 162 valence electrons. The van der Waals surface area contributed by atoms with E-state index in [-0.39, 0.29) is 12.2 Å². The van der Waals surface area contributed by atoms with Crippen LogP contribution in [0, 0.1) is 0 Å². The number of rotatable bonds is 2. The van der Waals surface area contributed by atoms with Crippen LogP contribution in [0.15, 0.2) is 42.1 Å². The molecular weight excluding hydrogens is 388 g/mol. The van der Waals surface area contributed by atoms with E-state index in [0.717, 1.165) is 50.8 Å². The zero-order chi connectivity index (χ0) is 21.2. The SMILES string of the molecule is CCOC(=O)N1CCC(=C2c3ccc(C4CCCO4)cc3CCc3cccnc32)CC1. The summed E-state index contributed by atoms with van der Waals surface area (Å²) in [5, 5.41) is 0. The van der Waals surface area contributed by atoms with Gasteiger partial charge < -0.3 is 14.4 Å². The third-order valence-electron chi connectivity index (χ3n) is 6.74. The summed E-state index contributed by atoms with van der Waals surface area (Å²) in [4.78, 5) is 18.8. The summed E-state index contributed by atoms with van der Waals surface area (Å²) in [6.45, 7) is 4.53. The highest BCUT2D eigenvalue weighted by molar-refractivity contribution is 5.84. The van der Waals surface area contributed by atoms with Gasteiger partial charge in [0.25, 0.3) is 0 Å². The minimum absolute atomic E-state index is 0.201. The van der Waals surface area contributed by atoms with Crippen LogP contribution in [0.1, 0.15) is 66.7 Å². The van der Waals surface area contributed by atoms with Gasteiger partial charge in [-0.25, -0.2) is 4.79 Å². The van der Waals surface area contributed by atoms with Gasteiger partial charge in [0.2, 0.25) is 0 Å². The quantitative estimate of drug-likeness (QED) is 0.682. The Bertz CT molecular complexity index is 997. The number of likely N-dealkylation sites (tertiary alicyclic amines) is 1. The molecule has 31 heavy (non-hydrogen) atoms. The lowest BCUT2D eigenvalue weighted by atomic mass is 9.87. The molecule has 2 aromatic rings. The number of piperidine rings is 1. The molecule has 2 saturated heterocycles. The largest absolute Gasteiger partial charge is 0.450 e. The molecule has 1 unspecified atom stereocenters. The van der Waals surface area contributed by atoms with Gasteiger partial charge in [-0.15, -0.1) is 0 Å². The van der Waals surface area contributed by atoms with E-state index in [1.807, 2.05) is 24.1 Å². The smallest absolute Gasteiger partial charge is 0.409 e. The van der Waals surface area contributed by atoms with Gasteiger partial charge >= 0.3 is 6.09 Å². The molecule has 1 aliphatic carbocycles. The summed E-state index contributed by atoms with van der Waals surface area (Å²) in [6.07, 6.45) is 7.91. The molecule has 0 saturated carbocycles. The number of carbonyl (C=O) groups excluding carboxylic acids is 1. The molecule has 3 aliphatic rings. The summed E-state index contributed by atoms with van der Waals surface area (Å²) < 4.78 is 11.1. The van der Waals surface area contributed by atoms with Gasteiger partial charge in [-0.1, -0.05) is 29.8 Å². The number of hydrogen-bond donors (Lipinski definition) is 0. The van der Waals surface area contributed by atoms with Gasteiger partial charge in [-0.3, -0.25) is 4.98 Å². The average Bonchev–Trinajstić information content (AvgIpc) is 3.29. The highest BCUT2D eigenvalue weighted by Crippen LogP contribution is 2.39. The van der Waals surface area contributed by atoms with Crippen molar-refractivity contribution in [3.05, 3.63) is 70.0 Å². The topological polar surface area (TPSA) is 51.7 Å². The molecule has 2 aliphatic heterocycles. The molecule has 1 atom stereocenters. The van der Waals surface area contributed by atoms with Gasteiger partial charge in [0.05, 0.1) is 18.4 Å². The van der Waals surface area contributed by atoms with Gasteiger partial charge in [0.15, 0.2) is 0 Å². The summed E-state index contributed by atoms with van der Waals surface area (Å²) >= 11 is 0. The Labute approximate surface area is 184 Å². The number of ether oxygens (including phenoxy) is 2. The molecule has 5 heteroatoms. The van der Waals surface area contributed by atoms with Gasteiger partial charge in [0.1, 0.15) is 0 Å². The summed E-state index contributed by atoms with van der Waals surface area (Å²) in [5.41, 5.74) is 9.11. The van der Waals surface area contributed by atoms with Crippen molar-refractivity contribution in [2.24, 2.45) is 0 Å². The standard InChI is InChI=1S/C26H30N2O3/c1-2-30-26(29)28-14-11-18(12-15-28)24-22-10-9-21(23-6-4-16-31-23)17-20(22)8-7-19-5-3-13-27-25(19)24/h3,5,9-10,13,17,23H,2,4,6-8,11-12,14-16H2,1H3. The molecular formula is C26H30N2O3. The van der Waals surface area contributed by atoms with Crippen LogP contribution in [0.4, 0.5) is 4.79 Å². The van der Waals surface area contributed by atoms with E-state index in [1.54, 1.807) is 0 Å². The molecule has 0 N–H and O–H groups in total. The summed E-state index contributed by atoms with van der Waals surface area (Å²) in [5.74, 6) is 0. The molecule has 0 bridgehead atoms. The van der Waals surface area contributed by atoms with Crippen molar-refractivity contribution in [1.29, 1.82) is 0 Å². The maximum absolute atomic E-state index is 12.2. The van der Waals surface area contributed by atoms with Gasteiger partial charge in [-0.2, -0.15) is 0 Å². The maximum atomic E-state index is 12.2. The minimum Gasteiger partial charge on any atom is -0.450 e. The number of hydrogen-bond acceptors (Lipinski definition) is 4. The molecule has 1 aromatic carbocycles. The van der Waals surface area contributed by atoms with Crippen LogP contribution >= 0.6 is 0 Å². The van der Waals surface area contributed by atoms with Gasteiger partial charge in [0, 0.05) is 31.5 Å². The normalized spacial score (nSPS) is 20.8. The van der Waals surface area contributed by atoms with E-state index < -0.39 is 0 Å². The Morgan fingerprint density at radius 2 is 2.00 bits per heavy atom. The van der Waals surface area contributed by atoms with Crippen LogP contribution in [0.5, 0.6) is 0 Å². The predicted octanol–water partition coefficient (Wildman–Crippen LogP) is 5.09. The summed E-state index contributed by atoms with van der Waals surface area (Å²) in [7, 11) is 0. The number of nitrogens with zero attached hydrogens (tertiary/aromatic N) is 2. The first-order valence-corrected chi connectivity index (χ1v) is 11.6. The molecule has 0 radical (unpaired) electrons. The van der Waals surface area contributed by atoms with E-state index in [1.165, 1.54) is 33.4 Å². The Balaban J connectivity index is 1.53. The fourth-order valence-corrected chi connectivity index (χ4v) is 5.15. The van der Waals surface area contributed by atoms with Crippen molar-refractivity contribution in [3.8, 4) is 0 Å². The van der Waals surface area contributed by atoms with E-state index >= 15 is 0 Å². The molecule has 5 rings (SSSR count). The average molecular weight is 419 g/mol. The zero-order valence-corrected chi connectivity index (χ0v) is 18.2. The third kappa shape index (κ3) is 3.99. The van der Waals surface area contributed by atoms with Crippen molar-refractivity contribution >= 4 is 11.7 Å². The fraction of sp³-hybridized carbons (Fsp3) is 0.462. The van der Waals surface area contributed by atoms with Gasteiger partial charge in [-0.05, 0) is 73.8 Å². The van der Waals surface area contributed by atoms with Crippen LogP contribution < -0.4 is 0 Å². The second-order valence-corrected chi connectivity index (χ2v) is 8.59. The van der Waals surface area contributed by atoms with Crippen LogP contribution in [0.2, 0.25) is 0 Å². The number of aryl methyl sites for hydroxylation is 2. The Kier molecular flexibility index (Phi) is 5.77. The first-order chi connectivity index (χ1) is 15.2. The van der Waals surface area contributed by atoms with Crippen molar-refractivity contribution in [2.45, 2.75) is 51.6 Å². The number of fused-ring (bicyclic) bond motifs is 2. The molecule has 3 heterocycles. The number of benzene rings is 1. The number of carbonyl (C=O) groups is 1. The van der Waals surface area contributed by atoms with E-state index in [9.17, 15) is 4.79 Å². The first-order valence-electron chi connectivity index (χ1n) is 11.6. The van der Waals surface area contributed by atoms with Crippen LogP contribution in [0.25, 0.3) is 5.57 Å². The Hall–Kier alpha value is -2.66. The third-order valence-corrected chi connectivity index (χ3v) is 6.74. The minimum atomic E-state index is -0.201. The second-order valence-electron chi connectivity index (χ2n) is 8.59. The maximum Gasteiger partial charge on any atom is 0.409 e. The molecule has 0 spiro atoms. The molecule has 1 amide bonds. The monoisotopic (exact) mass is 418 g/mol. The molecule has 5 nitrogen and oxygen atoms in total. The second kappa shape index (κ2) is 8.83. The number of aromatic nitrogens is 1. The lowest BCUT2D eigenvalue weighted by Crippen LogP contribution is -2.37. The fourth-order valence-electron chi connectivity index (χ4n) is 5.15. The van der Waals surface area contributed by atoms with Crippen LogP contribution in [-0.2, 0) is 22.3 Å². The van der Waals surface area contributed by atoms with E-state index in [0.29, 0.717) is 19.7 Å². The predicted molar refractivity (Wildman–Crippen MR) is 120 cm³/mol. The number of pyridine rings is 1. The lowest BCUT2D eigenvalue weighted by molar-refractivity contribution is 0.104. The molecule has 2 fully saturated rings. The van der Waals surface area contributed by atoms with Crippen LogP contribution in [-0.4, -0.2) is 42.3 Å². The highest BCUT2D eigenvalue weighted by atomic mass is 16.6. The molecule has 1 aromatic heterocycles. The van der Waals surface area contributed by atoms with Crippen molar-refractivity contribution < 1.29 is 14.3 Å². The number of amides is 1. The van der Waals surface area contributed by atoms with Crippen molar-refractivity contribution in [2.75, 3.05) is 26.3 Å². The summed E-state index contributed by atoms with van der Waals surface area (Å²) in [6, 6.07) is 11.2. The Morgan fingerprint density at radius 1 is 1.16 bits per heavy atom. The Morgan fingerprint density at radius 3 is 2.77 bits per heavy atom. The highest BCUT2D eigenvalue weighted by Gasteiger charge is 2.28. The zero-order valence-electron chi connectivity index (χ0n) is 18.2. The van der Waals surface area contributed by atoms with E-state index in [4.69, 9.17) is 14.5 Å². The van der Waals surface area contributed by atoms with E-state index in [2.05, 4.69) is 24.3 Å². The van der Waals surface area contributed by atoms with Crippen LogP contribution in [0.3, 0.4) is 0 Å². The first kappa shape index (κ1) is 20.3. The van der Waals surface area contributed by atoms with Crippen molar-refractivity contribution in [1.82, 2.24) is 9.88 Å². The lowest BCUT2D eigenvalue weighted by Gasteiger charge is -2.29. The van der Waals surface area contributed by atoms with Crippen molar-refractivity contribution in [3.63, 3.8) is 0 Å².